The van der Waals surface area contributed by atoms with Crippen molar-refractivity contribution in [3.8, 4) is 0 Å². The summed E-state index contributed by atoms with van der Waals surface area (Å²) in [6.45, 7) is 1.06. The molecule has 5 nitrogen and oxygen atoms in total. The molecule has 1 N–H and O–H groups in total. The van der Waals surface area contributed by atoms with E-state index >= 15 is 0 Å². The minimum Gasteiger partial charge on any atom is -0.339 e. The maximum Gasteiger partial charge on any atom is 0.156 e. The van der Waals surface area contributed by atoms with Crippen LogP contribution in [0.4, 0.5) is 0 Å². The van der Waals surface area contributed by atoms with Gasteiger partial charge in [-0.25, -0.2) is 4.68 Å². The Hall–Kier alpha value is -0.970. The fraction of sp³-hybridized carbons (Fsp3) is 0.833. The van der Waals surface area contributed by atoms with E-state index in [2.05, 4.69) is 29.6 Å². The molecule has 0 spiro atoms. The van der Waals surface area contributed by atoms with E-state index in [1.165, 1.54) is 4.90 Å². The first-order chi connectivity index (χ1) is 5.20. The Kier molecular flexibility index (Phi) is 2.53. The SMILES string of the molecule is Cn1nnnc1CC[NH+](C)C. The second-order valence-electron chi connectivity index (χ2n) is 2.93. The van der Waals surface area contributed by atoms with Crippen LogP contribution in [0.1, 0.15) is 5.82 Å². The Labute approximate surface area is 66.0 Å². The summed E-state index contributed by atoms with van der Waals surface area (Å²) < 4.78 is 1.71. The topological polar surface area (TPSA) is 48.0 Å². The average molecular weight is 156 g/mol. The molecule has 0 unspecified atom stereocenters. The van der Waals surface area contributed by atoms with Gasteiger partial charge in [-0.2, -0.15) is 0 Å². The highest BCUT2D eigenvalue weighted by Gasteiger charge is 2.02. The van der Waals surface area contributed by atoms with E-state index in [1.807, 2.05) is 7.05 Å². The molecule has 5 heteroatoms. The van der Waals surface area contributed by atoms with Crippen LogP contribution in [0.5, 0.6) is 0 Å². The summed E-state index contributed by atoms with van der Waals surface area (Å²) >= 11 is 0. The number of aryl methyl sites for hydroxylation is 1. The quantitative estimate of drug-likeness (QED) is 0.545. The zero-order valence-electron chi connectivity index (χ0n) is 7.20. The smallest absolute Gasteiger partial charge is 0.156 e. The molecule has 0 aliphatic heterocycles. The van der Waals surface area contributed by atoms with E-state index in [-0.39, 0.29) is 0 Å². The molecule has 0 saturated carbocycles. The number of tetrazole rings is 1. The van der Waals surface area contributed by atoms with Crippen molar-refractivity contribution in [1.29, 1.82) is 0 Å². The first-order valence-corrected chi connectivity index (χ1v) is 3.70. The lowest BCUT2D eigenvalue weighted by Crippen LogP contribution is -3.06. The number of aromatic nitrogens is 4. The van der Waals surface area contributed by atoms with Crippen LogP contribution < -0.4 is 4.90 Å². The first kappa shape index (κ1) is 8.13. The van der Waals surface area contributed by atoms with Crippen LogP contribution in [-0.4, -0.2) is 40.8 Å². The van der Waals surface area contributed by atoms with Gasteiger partial charge in [0.15, 0.2) is 5.82 Å². The van der Waals surface area contributed by atoms with Gasteiger partial charge in [0.25, 0.3) is 0 Å². The highest BCUT2D eigenvalue weighted by atomic mass is 15.5. The number of likely N-dealkylation sites (N-methyl/N-ethyl adjacent to an activating group) is 1. The first-order valence-electron chi connectivity index (χ1n) is 3.70. The normalized spacial score (nSPS) is 10.9. The molecule has 1 aromatic rings. The molecule has 62 valence electrons. The van der Waals surface area contributed by atoms with E-state index in [4.69, 9.17) is 0 Å². The average Bonchev–Trinajstić information content (AvgIpc) is 2.31. The standard InChI is InChI=1S/C6H13N5/c1-10(2)5-4-6-7-8-9-11(6)3/h4-5H2,1-3H3/p+1. The number of quaternary nitrogens is 1. The summed E-state index contributed by atoms with van der Waals surface area (Å²) in [6.07, 6.45) is 0.936. The fourth-order valence-electron chi connectivity index (χ4n) is 0.822. The minimum absolute atomic E-state index is 0.936. The van der Waals surface area contributed by atoms with Crippen LogP contribution in [0.3, 0.4) is 0 Å². The third-order valence-electron chi connectivity index (χ3n) is 1.56. The zero-order chi connectivity index (χ0) is 8.27. The van der Waals surface area contributed by atoms with Crippen molar-refractivity contribution < 1.29 is 4.90 Å². The number of hydrogen-bond acceptors (Lipinski definition) is 3. The van der Waals surface area contributed by atoms with Crippen molar-refractivity contribution in [2.24, 2.45) is 7.05 Å². The van der Waals surface area contributed by atoms with Crippen LogP contribution in [-0.2, 0) is 13.5 Å². The van der Waals surface area contributed by atoms with Crippen molar-refractivity contribution in [1.82, 2.24) is 20.2 Å². The fourth-order valence-corrected chi connectivity index (χ4v) is 0.822. The molecule has 0 saturated heterocycles. The second kappa shape index (κ2) is 3.43. The Bertz CT molecular complexity index is 217. The Balaban J connectivity index is 2.44. The summed E-state index contributed by atoms with van der Waals surface area (Å²) in [6, 6.07) is 0. The van der Waals surface area contributed by atoms with Crippen LogP contribution >= 0.6 is 0 Å². The molecule has 0 bridgehead atoms. The molecular weight excluding hydrogens is 142 g/mol. The summed E-state index contributed by atoms with van der Waals surface area (Å²) in [5, 5.41) is 11.2. The Morgan fingerprint density at radius 3 is 2.64 bits per heavy atom. The second-order valence-corrected chi connectivity index (χ2v) is 2.93. The predicted octanol–water partition coefficient (Wildman–Crippen LogP) is -2.10. The van der Waals surface area contributed by atoms with Gasteiger partial charge in [0.1, 0.15) is 0 Å². The van der Waals surface area contributed by atoms with Crippen LogP contribution in [0.2, 0.25) is 0 Å². The molecule has 0 aromatic carbocycles. The lowest BCUT2D eigenvalue weighted by molar-refractivity contribution is -0.858. The number of hydrogen-bond donors (Lipinski definition) is 1. The molecule has 0 aliphatic carbocycles. The van der Waals surface area contributed by atoms with Gasteiger partial charge in [-0.15, -0.1) is 5.10 Å². The number of nitrogens with one attached hydrogen (secondary N) is 1. The van der Waals surface area contributed by atoms with Crippen molar-refractivity contribution in [2.45, 2.75) is 6.42 Å². The lowest BCUT2D eigenvalue weighted by atomic mass is 10.4. The van der Waals surface area contributed by atoms with Gasteiger partial charge in [0, 0.05) is 7.05 Å². The third kappa shape index (κ3) is 2.27. The van der Waals surface area contributed by atoms with E-state index < -0.39 is 0 Å². The Morgan fingerprint density at radius 2 is 2.18 bits per heavy atom. The molecule has 11 heavy (non-hydrogen) atoms. The van der Waals surface area contributed by atoms with Gasteiger partial charge in [0.2, 0.25) is 0 Å². The number of rotatable bonds is 3. The molecule has 0 amide bonds. The summed E-state index contributed by atoms with van der Waals surface area (Å²) in [7, 11) is 6.09. The van der Waals surface area contributed by atoms with Gasteiger partial charge in [-0.05, 0) is 10.4 Å². The van der Waals surface area contributed by atoms with Crippen LogP contribution in [0.25, 0.3) is 0 Å². The van der Waals surface area contributed by atoms with Gasteiger partial charge in [0.05, 0.1) is 27.1 Å². The summed E-state index contributed by atoms with van der Waals surface area (Å²) in [5.41, 5.74) is 0. The molecule has 1 heterocycles. The number of nitrogens with zero attached hydrogens (tertiary/aromatic N) is 4. The third-order valence-corrected chi connectivity index (χ3v) is 1.56. The maximum absolute atomic E-state index is 3.88. The predicted molar refractivity (Wildman–Crippen MR) is 40.2 cm³/mol. The monoisotopic (exact) mass is 156 g/mol. The van der Waals surface area contributed by atoms with E-state index in [9.17, 15) is 0 Å². The van der Waals surface area contributed by atoms with Crippen molar-refractivity contribution in [3.05, 3.63) is 5.82 Å². The zero-order valence-corrected chi connectivity index (χ0v) is 7.20. The van der Waals surface area contributed by atoms with Gasteiger partial charge in [-0.1, -0.05) is 0 Å². The maximum atomic E-state index is 3.88. The molecule has 1 aromatic heterocycles. The molecule has 1 rings (SSSR count). The van der Waals surface area contributed by atoms with Gasteiger partial charge in [-0.3, -0.25) is 0 Å². The molecule has 0 aliphatic rings. The van der Waals surface area contributed by atoms with E-state index in [1.54, 1.807) is 4.68 Å². The van der Waals surface area contributed by atoms with Gasteiger partial charge < -0.3 is 4.90 Å². The van der Waals surface area contributed by atoms with Crippen LogP contribution in [0, 0.1) is 0 Å². The molecule has 0 atom stereocenters. The van der Waals surface area contributed by atoms with E-state index in [0.717, 1.165) is 18.8 Å². The molecule has 0 radical (unpaired) electrons. The van der Waals surface area contributed by atoms with Crippen molar-refractivity contribution >= 4 is 0 Å². The lowest BCUT2D eigenvalue weighted by Gasteiger charge is -2.04. The summed E-state index contributed by atoms with van der Waals surface area (Å²) in [5.74, 6) is 0.950. The van der Waals surface area contributed by atoms with Gasteiger partial charge >= 0.3 is 0 Å². The summed E-state index contributed by atoms with van der Waals surface area (Å²) in [4.78, 5) is 1.41. The minimum atomic E-state index is 0.936. The van der Waals surface area contributed by atoms with E-state index in [0.29, 0.717) is 0 Å². The molecular formula is C6H14N5+. The highest BCUT2D eigenvalue weighted by molar-refractivity contribution is 4.78. The van der Waals surface area contributed by atoms with Crippen molar-refractivity contribution in [3.63, 3.8) is 0 Å². The largest absolute Gasteiger partial charge is 0.339 e. The highest BCUT2D eigenvalue weighted by Crippen LogP contribution is 1.86. The Morgan fingerprint density at radius 1 is 1.45 bits per heavy atom. The molecule has 0 fully saturated rings. The van der Waals surface area contributed by atoms with Crippen LogP contribution in [0.15, 0.2) is 0 Å². The van der Waals surface area contributed by atoms with Crippen molar-refractivity contribution in [2.75, 3.05) is 20.6 Å².